The summed E-state index contributed by atoms with van der Waals surface area (Å²) in [6, 6.07) is 8.91. The number of hydrogen-bond donors (Lipinski definition) is 2. The molecule has 3 aromatic rings. The Morgan fingerprint density at radius 2 is 2.22 bits per heavy atom. The van der Waals surface area contributed by atoms with Crippen LogP contribution in [0.4, 0.5) is 14.9 Å². The molecule has 1 amide bonds. The number of pyridine rings is 1. The van der Waals surface area contributed by atoms with Crippen molar-refractivity contribution in [3.8, 4) is 17.2 Å². The number of benzene rings is 2. The summed E-state index contributed by atoms with van der Waals surface area (Å²) in [7, 11) is 0. The van der Waals surface area contributed by atoms with Crippen molar-refractivity contribution in [2.24, 2.45) is 5.92 Å². The Bertz CT molecular complexity index is 1450. The molecule has 6 nitrogen and oxygen atoms in total. The van der Waals surface area contributed by atoms with Gasteiger partial charge in [0.1, 0.15) is 10.5 Å². The average molecular weight is 657 g/mol. The molecule has 36 heavy (non-hydrogen) atoms. The minimum Gasteiger partial charge on any atom is -0.465 e. The standard InChI is InChI=1S/C25H20Cl2FIN4O2S/c1-36-24-20(29)23(31-21-12-9-16(21)33(10-12)25(34)35)14-8-11(4-3-7-30)17(19(28)22(14)32-24)13-5-2-6-15(26)18(13)27/h2,5-6,8,12,16,21H,3-4,9-10H2,1H3,(H,31,32)(H,34,35)/t12-,16-,21+/m1/s1. The van der Waals surface area contributed by atoms with Gasteiger partial charge in [-0.15, -0.1) is 11.8 Å². The molecule has 2 bridgehead atoms. The van der Waals surface area contributed by atoms with Crippen LogP contribution in [0.1, 0.15) is 18.4 Å². The molecule has 2 N–H and O–H groups in total. The van der Waals surface area contributed by atoms with Crippen LogP contribution < -0.4 is 5.32 Å². The number of anilines is 1. The van der Waals surface area contributed by atoms with Crippen molar-refractivity contribution in [3.05, 3.63) is 49.3 Å². The minimum absolute atomic E-state index is 0.0532. The fourth-order valence-electron chi connectivity index (χ4n) is 5.24. The first-order valence-corrected chi connectivity index (χ1v) is 14.3. The van der Waals surface area contributed by atoms with Gasteiger partial charge in [0.25, 0.3) is 0 Å². The second-order valence-corrected chi connectivity index (χ2v) is 11.5. The third-order valence-electron chi connectivity index (χ3n) is 6.99. The van der Waals surface area contributed by atoms with E-state index in [0.29, 0.717) is 39.5 Å². The second-order valence-electron chi connectivity index (χ2n) is 8.86. The maximum Gasteiger partial charge on any atom is 0.407 e. The van der Waals surface area contributed by atoms with Crippen LogP contribution in [0.3, 0.4) is 0 Å². The molecule has 3 heterocycles. The van der Waals surface area contributed by atoms with Crippen molar-refractivity contribution >= 4 is 80.2 Å². The van der Waals surface area contributed by atoms with Gasteiger partial charge in [0.15, 0.2) is 5.82 Å². The Morgan fingerprint density at radius 1 is 1.44 bits per heavy atom. The van der Waals surface area contributed by atoms with Gasteiger partial charge in [0, 0.05) is 35.4 Å². The Morgan fingerprint density at radius 3 is 2.89 bits per heavy atom. The number of nitrogens with zero attached hydrogens (tertiary/aromatic N) is 3. The summed E-state index contributed by atoms with van der Waals surface area (Å²) in [5.74, 6) is -0.321. The topological polar surface area (TPSA) is 89.3 Å². The van der Waals surface area contributed by atoms with E-state index >= 15 is 4.39 Å². The molecule has 2 saturated heterocycles. The molecule has 1 aliphatic carbocycles. The Labute approximate surface area is 235 Å². The maximum atomic E-state index is 16.4. The molecular weight excluding hydrogens is 637 g/mol. The van der Waals surface area contributed by atoms with Crippen LogP contribution >= 0.6 is 57.6 Å². The van der Waals surface area contributed by atoms with Gasteiger partial charge in [-0.2, -0.15) is 5.26 Å². The summed E-state index contributed by atoms with van der Waals surface area (Å²) in [6.07, 6.45) is 2.31. The molecule has 0 radical (unpaired) electrons. The van der Waals surface area contributed by atoms with Gasteiger partial charge in [0.2, 0.25) is 0 Å². The Balaban J connectivity index is 1.71. The predicted octanol–water partition coefficient (Wildman–Crippen LogP) is 7.29. The lowest BCUT2D eigenvalue weighted by molar-refractivity contribution is 0.140. The number of amides is 1. The highest BCUT2D eigenvalue weighted by Gasteiger charge is 2.54. The number of halogens is 4. The Hall–Kier alpha value is -2.00. The number of thioether (sulfide) groups is 1. The van der Waals surface area contributed by atoms with Crippen molar-refractivity contribution in [2.75, 3.05) is 18.1 Å². The molecule has 0 spiro atoms. The summed E-state index contributed by atoms with van der Waals surface area (Å²) in [5, 5.41) is 24.2. The molecule has 11 heteroatoms. The highest BCUT2D eigenvalue weighted by atomic mass is 127. The van der Waals surface area contributed by atoms with E-state index in [4.69, 9.17) is 23.2 Å². The van der Waals surface area contributed by atoms with Crippen LogP contribution in [0.15, 0.2) is 29.3 Å². The zero-order valence-electron chi connectivity index (χ0n) is 19.0. The van der Waals surface area contributed by atoms with Crippen LogP contribution in [0.25, 0.3) is 22.0 Å². The van der Waals surface area contributed by atoms with E-state index in [1.807, 2.05) is 12.3 Å². The first kappa shape index (κ1) is 25.6. The van der Waals surface area contributed by atoms with Gasteiger partial charge in [0.05, 0.1) is 37.5 Å². The number of carboxylic acid groups (broad SMARTS) is 1. The van der Waals surface area contributed by atoms with Gasteiger partial charge in [-0.1, -0.05) is 35.3 Å². The number of nitriles is 1. The van der Waals surface area contributed by atoms with Crippen LogP contribution in [0, 0.1) is 26.6 Å². The average Bonchev–Trinajstić information content (AvgIpc) is 3.45. The maximum absolute atomic E-state index is 16.4. The van der Waals surface area contributed by atoms with Gasteiger partial charge >= 0.3 is 6.09 Å². The molecule has 3 aliphatic rings. The van der Waals surface area contributed by atoms with E-state index in [2.05, 4.69) is 39.0 Å². The molecular formula is C25H20Cl2FIN4O2S. The third-order valence-corrected chi connectivity index (χ3v) is 9.90. The van der Waals surface area contributed by atoms with E-state index in [1.54, 1.807) is 18.2 Å². The van der Waals surface area contributed by atoms with Crippen molar-refractivity contribution in [3.63, 3.8) is 0 Å². The van der Waals surface area contributed by atoms with E-state index < -0.39 is 11.9 Å². The van der Waals surface area contributed by atoms with Crippen LogP contribution in [0.2, 0.25) is 10.0 Å². The van der Waals surface area contributed by atoms with Crippen molar-refractivity contribution in [1.29, 1.82) is 5.26 Å². The minimum atomic E-state index is -0.918. The van der Waals surface area contributed by atoms with Crippen molar-refractivity contribution < 1.29 is 14.3 Å². The van der Waals surface area contributed by atoms with Crippen molar-refractivity contribution in [1.82, 2.24) is 9.88 Å². The predicted molar refractivity (Wildman–Crippen MR) is 150 cm³/mol. The van der Waals surface area contributed by atoms with Crippen LogP contribution in [0.5, 0.6) is 0 Å². The Kier molecular flexibility index (Phi) is 7.15. The summed E-state index contributed by atoms with van der Waals surface area (Å²) in [5.41, 5.74) is 2.30. The number of aromatic nitrogens is 1. The molecule has 2 aliphatic heterocycles. The summed E-state index contributed by atoms with van der Waals surface area (Å²) < 4.78 is 17.2. The molecule has 186 valence electrons. The normalized spacial score (nSPS) is 20.3. The smallest absolute Gasteiger partial charge is 0.407 e. The summed E-state index contributed by atoms with van der Waals surface area (Å²) in [6.45, 7) is 0.492. The number of aryl methyl sites for hydroxylation is 1. The fourth-order valence-corrected chi connectivity index (χ4v) is 7.33. The fraction of sp³-hybridized carbons (Fsp3) is 0.320. The number of hydrogen-bond acceptors (Lipinski definition) is 5. The zero-order chi connectivity index (χ0) is 25.7. The van der Waals surface area contributed by atoms with Crippen LogP contribution in [-0.4, -0.2) is 46.0 Å². The molecule has 3 atom stereocenters. The molecule has 1 aromatic heterocycles. The first-order valence-electron chi connectivity index (χ1n) is 11.2. The first-order chi connectivity index (χ1) is 17.3. The van der Waals surface area contributed by atoms with Crippen molar-refractivity contribution in [2.45, 2.75) is 36.4 Å². The van der Waals surface area contributed by atoms with Gasteiger partial charge in [-0.05, 0) is 59.4 Å². The molecule has 2 aromatic carbocycles. The van der Waals surface area contributed by atoms with Gasteiger partial charge in [-0.3, -0.25) is 0 Å². The van der Waals surface area contributed by atoms with E-state index in [0.717, 1.165) is 15.7 Å². The largest absolute Gasteiger partial charge is 0.465 e. The number of rotatable bonds is 6. The zero-order valence-corrected chi connectivity index (χ0v) is 23.5. The van der Waals surface area contributed by atoms with E-state index in [1.165, 1.54) is 16.7 Å². The molecule has 1 saturated carbocycles. The third kappa shape index (κ3) is 4.16. The van der Waals surface area contributed by atoms with E-state index in [-0.39, 0.29) is 40.5 Å². The highest BCUT2D eigenvalue weighted by Crippen LogP contribution is 2.46. The highest BCUT2D eigenvalue weighted by molar-refractivity contribution is 14.1. The molecule has 3 fully saturated rings. The molecule has 0 unspecified atom stereocenters. The molecule has 6 rings (SSSR count). The lowest BCUT2D eigenvalue weighted by atomic mass is 9.79. The quantitative estimate of drug-likeness (QED) is 0.214. The lowest BCUT2D eigenvalue weighted by Gasteiger charge is -2.37. The number of fused-ring (bicyclic) bond motifs is 2. The van der Waals surface area contributed by atoms with Gasteiger partial charge < -0.3 is 15.3 Å². The number of carbonyl (C=O) groups is 1. The van der Waals surface area contributed by atoms with E-state index in [9.17, 15) is 15.2 Å². The SMILES string of the molecule is CSc1nc2c(F)c(-c3cccc(Cl)c3Cl)c(CCC#N)cc2c(N[C@H]2[C@@H]3C[C@H]2N(C(=O)O)C3)c1I. The number of nitrogens with one attached hydrogen (secondary N) is 1. The van der Waals surface area contributed by atoms with Gasteiger partial charge in [-0.25, -0.2) is 14.2 Å². The second kappa shape index (κ2) is 10.0. The lowest BCUT2D eigenvalue weighted by Crippen LogP contribution is -2.49. The summed E-state index contributed by atoms with van der Waals surface area (Å²) >= 11 is 16.4. The van der Waals surface area contributed by atoms with Crippen LogP contribution in [-0.2, 0) is 6.42 Å². The monoisotopic (exact) mass is 656 g/mol. The summed E-state index contributed by atoms with van der Waals surface area (Å²) in [4.78, 5) is 17.8.